The van der Waals surface area contributed by atoms with Gasteiger partial charge in [-0.1, -0.05) is 0 Å². The molecular formula is C13H16F3NO4. The highest BCUT2D eigenvalue weighted by molar-refractivity contribution is 5.91. The molecule has 0 atom stereocenters. The van der Waals surface area contributed by atoms with Gasteiger partial charge in [0.15, 0.2) is 0 Å². The van der Waals surface area contributed by atoms with Crippen LogP contribution in [0.25, 0.3) is 0 Å². The average Bonchev–Trinajstić information content (AvgIpc) is 2.36. The van der Waals surface area contributed by atoms with Gasteiger partial charge in [-0.3, -0.25) is 0 Å². The smallest absolute Gasteiger partial charge is 0.411 e. The van der Waals surface area contributed by atoms with E-state index in [0.29, 0.717) is 18.0 Å². The number of rotatable bonds is 7. The third kappa shape index (κ3) is 6.84. The van der Waals surface area contributed by atoms with Crippen molar-refractivity contribution in [3.05, 3.63) is 23.8 Å². The summed E-state index contributed by atoms with van der Waals surface area (Å²) in [5.41, 5.74) is 6.10. The van der Waals surface area contributed by atoms with Crippen LogP contribution in [0.3, 0.4) is 0 Å². The zero-order valence-electron chi connectivity index (χ0n) is 11.4. The van der Waals surface area contributed by atoms with Crippen LogP contribution in [-0.4, -0.2) is 38.6 Å². The second kappa shape index (κ2) is 7.72. The second-order valence-corrected chi connectivity index (χ2v) is 4.03. The third-order valence-corrected chi connectivity index (χ3v) is 2.20. The molecule has 0 saturated heterocycles. The first-order chi connectivity index (χ1) is 9.81. The zero-order valence-corrected chi connectivity index (χ0v) is 11.4. The predicted molar refractivity (Wildman–Crippen MR) is 69.2 cm³/mol. The van der Waals surface area contributed by atoms with Crippen LogP contribution in [0.1, 0.15) is 17.3 Å². The minimum Gasteiger partial charge on any atom is -0.494 e. The van der Waals surface area contributed by atoms with E-state index in [1.54, 1.807) is 13.0 Å². The Hall–Kier alpha value is -1.96. The molecule has 0 aliphatic carbocycles. The van der Waals surface area contributed by atoms with Crippen LogP contribution < -0.4 is 10.5 Å². The lowest BCUT2D eigenvalue weighted by Gasteiger charge is -2.10. The molecule has 1 aromatic carbocycles. The molecule has 21 heavy (non-hydrogen) atoms. The quantitative estimate of drug-likeness (QED) is 0.476. The van der Waals surface area contributed by atoms with Crippen LogP contribution in [-0.2, 0) is 9.47 Å². The second-order valence-electron chi connectivity index (χ2n) is 4.03. The van der Waals surface area contributed by atoms with E-state index in [4.69, 9.17) is 15.2 Å². The van der Waals surface area contributed by atoms with Crippen molar-refractivity contribution >= 4 is 11.7 Å². The van der Waals surface area contributed by atoms with Gasteiger partial charge in [-0.2, -0.15) is 13.2 Å². The number of carbonyl (C=O) groups is 1. The molecule has 118 valence electrons. The van der Waals surface area contributed by atoms with Crippen LogP contribution in [0.4, 0.5) is 18.9 Å². The van der Waals surface area contributed by atoms with Gasteiger partial charge in [0.2, 0.25) is 0 Å². The van der Waals surface area contributed by atoms with Gasteiger partial charge in [0.05, 0.1) is 18.8 Å². The van der Waals surface area contributed by atoms with Gasteiger partial charge in [0, 0.05) is 11.8 Å². The van der Waals surface area contributed by atoms with E-state index in [1.165, 1.54) is 12.1 Å². The number of halogens is 3. The van der Waals surface area contributed by atoms with Gasteiger partial charge in [-0.15, -0.1) is 0 Å². The number of benzene rings is 1. The highest BCUT2D eigenvalue weighted by atomic mass is 19.4. The first kappa shape index (κ1) is 17.1. The molecule has 1 aromatic rings. The number of esters is 1. The van der Waals surface area contributed by atoms with Crippen molar-refractivity contribution < 1.29 is 32.2 Å². The number of ether oxygens (including phenoxy) is 3. The summed E-state index contributed by atoms with van der Waals surface area (Å²) in [7, 11) is 0. The summed E-state index contributed by atoms with van der Waals surface area (Å²) in [6.07, 6.45) is -4.40. The molecule has 0 radical (unpaired) electrons. The van der Waals surface area contributed by atoms with Crippen molar-refractivity contribution in [2.75, 3.05) is 32.2 Å². The van der Waals surface area contributed by atoms with Crippen molar-refractivity contribution in [2.24, 2.45) is 0 Å². The van der Waals surface area contributed by atoms with Crippen LogP contribution in [0.5, 0.6) is 5.75 Å². The molecule has 1 rings (SSSR count). The predicted octanol–water partition coefficient (Wildman–Crippen LogP) is 2.40. The maximum atomic E-state index is 11.8. The number of alkyl halides is 3. The number of nitrogens with two attached hydrogens (primary N) is 1. The normalized spacial score (nSPS) is 11.2. The average molecular weight is 307 g/mol. The van der Waals surface area contributed by atoms with E-state index in [9.17, 15) is 18.0 Å². The van der Waals surface area contributed by atoms with E-state index in [0.717, 1.165) is 0 Å². The summed E-state index contributed by atoms with van der Waals surface area (Å²) in [5.74, 6) is -0.295. The largest absolute Gasteiger partial charge is 0.494 e. The van der Waals surface area contributed by atoms with Crippen LogP contribution in [0, 0.1) is 0 Å². The van der Waals surface area contributed by atoms with Crippen molar-refractivity contribution in [2.45, 2.75) is 13.1 Å². The summed E-state index contributed by atoms with van der Waals surface area (Å²) in [6, 6.07) is 4.38. The van der Waals surface area contributed by atoms with E-state index in [1.807, 2.05) is 0 Å². The van der Waals surface area contributed by atoms with Gasteiger partial charge < -0.3 is 19.9 Å². The monoisotopic (exact) mass is 307 g/mol. The summed E-state index contributed by atoms with van der Waals surface area (Å²) in [5, 5.41) is 0. The zero-order chi connectivity index (χ0) is 15.9. The van der Waals surface area contributed by atoms with Gasteiger partial charge in [0.25, 0.3) is 0 Å². The highest BCUT2D eigenvalue weighted by Crippen LogP contribution is 2.19. The number of hydrogen-bond acceptors (Lipinski definition) is 5. The minimum absolute atomic E-state index is 0.161. The summed E-state index contributed by atoms with van der Waals surface area (Å²) < 4.78 is 49.7. The maximum Gasteiger partial charge on any atom is 0.411 e. The van der Waals surface area contributed by atoms with Gasteiger partial charge in [0.1, 0.15) is 19.0 Å². The SMILES string of the molecule is CCOc1cc(N)cc(C(=O)OCCOCC(F)(F)F)c1. The summed E-state index contributed by atoms with van der Waals surface area (Å²) >= 11 is 0. The number of anilines is 1. The molecule has 8 heteroatoms. The van der Waals surface area contributed by atoms with Crippen molar-refractivity contribution in [1.29, 1.82) is 0 Å². The van der Waals surface area contributed by atoms with E-state index in [2.05, 4.69) is 4.74 Å². The molecular weight excluding hydrogens is 291 g/mol. The number of nitrogen functional groups attached to an aromatic ring is 1. The molecule has 0 aromatic heterocycles. The Labute approximate surface area is 119 Å². The maximum absolute atomic E-state index is 11.8. The molecule has 0 fully saturated rings. The summed E-state index contributed by atoms with van der Waals surface area (Å²) in [6.45, 7) is 0.180. The first-order valence-electron chi connectivity index (χ1n) is 6.17. The Bertz CT molecular complexity index is 477. The Morgan fingerprint density at radius 2 is 1.95 bits per heavy atom. The lowest BCUT2D eigenvalue weighted by Crippen LogP contribution is -2.19. The van der Waals surface area contributed by atoms with Gasteiger partial charge in [-0.05, 0) is 19.1 Å². The molecule has 0 unspecified atom stereocenters. The van der Waals surface area contributed by atoms with Crippen molar-refractivity contribution in [3.63, 3.8) is 0 Å². The minimum atomic E-state index is -4.40. The Balaban J connectivity index is 2.45. The molecule has 0 spiro atoms. The fraction of sp³-hybridized carbons (Fsp3) is 0.462. The molecule has 0 aliphatic heterocycles. The number of hydrogen-bond donors (Lipinski definition) is 1. The molecule has 0 heterocycles. The molecule has 0 bridgehead atoms. The lowest BCUT2D eigenvalue weighted by molar-refractivity contribution is -0.175. The summed E-state index contributed by atoms with van der Waals surface area (Å²) in [4.78, 5) is 11.7. The Kier molecular flexibility index (Phi) is 6.29. The van der Waals surface area contributed by atoms with E-state index >= 15 is 0 Å². The van der Waals surface area contributed by atoms with Crippen LogP contribution in [0.2, 0.25) is 0 Å². The fourth-order valence-corrected chi connectivity index (χ4v) is 1.45. The molecule has 2 N–H and O–H groups in total. The van der Waals surface area contributed by atoms with Crippen molar-refractivity contribution in [3.8, 4) is 5.75 Å². The molecule has 0 saturated carbocycles. The Morgan fingerprint density at radius 1 is 1.24 bits per heavy atom. The standard InChI is InChI=1S/C13H16F3NO4/c1-2-20-11-6-9(5-10(17)7-11)12(18)21-4-3-19-8-13(14,15)16/h5-7H,2-4,8,17H2,1H3. The molecule has 0 aliphatic rings. The van der Waals surface area contributed by atoms with Crippen LogP contribution >= 0.6 is 0 Å². The van der Waals surface area contributed by atoms with Gasteiger partial charge >= 0.3 is 12.1 Å². The van der Waals surface area contributed by atoms with Crippen LogP contribution in [0.15, 0.2) is 18.2 Å². The first-order valence-corrected chi connectivity index (χ1v) is 6.17. The van der Waals surface area contributed by atoms with Crippen molar-refractivity contribution in [1.82, 2.24) is 0 Å². The van der Waals surface area contributed by atoms with E-state index < -0.39 is 18.8 Å². The van der Waals surface area contributed by atoms with E-state index in [-0.39, 0.29) is 18.8 Å². The molecule has 5 nitrogen and oxygen atoms in total. The lowest BCUT2D eigenvalue weighted by atomic mass is 10.2. The highest BCUT2D eigenvalue weighted by Gasteiger charge is 2.27. The third-order valence-electron chi connectivity index (χ3n) is 2.20. The van der Waals surface area contributed by atoms with Gasteiger partial charge in [-0.25, -0.2) is 4.79 Å². The topological polar surface area (TPSA) is 70.8 Å². The fourth-order valence-electron chi connectivity index (χ4n) is 1.45. The molecule has 0 amide bonds. The number of carbonyl (C=O) groups excluding carboxylic acids is 1. The Morgan fingerprint density at radius 3 is 2.57 bits per heavy atom.